The average molecular weight is 284 g/mol. The van der Waals surface area contributed by atoms with Crippen LogP contribution in [0.3, 0.4) is 0 Å². The van der Waals surface area contributed by atoms with Crippen LogP contribution in [-0.4, -0.2) is 35.1 Å². The summed E-state index contributed by atoms with van der Waals surface area (Å²) in [6.45, 7) is 1.13. The van der Waals surface area contributed by atoms with Crippen LogP contribution in [0.2, 0.25) is 0 Å². The van der Waals surface area contributed by atoms with Gasteiger partial charge in [0.15, 0.2) is 11.6 Å². The van der Waals surface area contributed by atoms with Gasteiger partial charge >= 0.3 is 12.0 Å². The van der Waals surface area contributed by atoms with Gasteiger partial charge < -0.3 is 15.3 Å². The fourth-order valence-corrected chi connectivity index (χ4v) is 2.12. The number of amides is 2. The highest BCUT2D eigenvalue weighted by atomic mass is 19.2. The number of benzene rings is 1. The van der Waals surface area contributed by atoms with Crippen LogP contribution in [-0.2, 0) is 0 Å². The Kier molecular flexibility index (Phi) is 4.16. The van der Waals surface area contributed by atoms with E-state index >= 15 is 0 Å². The van der Waals surface area contributed by atoms with Gasteiger partial charge in [0.25, 0.3) is 0 Å². The zero-order chi connectivity index (χ0) is 14.7. The van der Waals surface area contributed by atoms with Crippen LogP contribution in [0, 0.1) is 11.6 Å². The van der Waals surface area contributed by atoms with Gasteiger partial charge in [-0.2, -0.15) is 0 Å². The third-order valence-corrected chi connectivity index (χ3v) is 3.18. The van der Waals surface area contributed by atoms with Crippen LogP contribution in [0.25, 0.3) is 0 Å². The molecule has 0 unspecified atom stereocenters. The number of nitrogens with zero attached hydrogens (tertiary/aromatic N) is 1. The van der Waals surface area contributed by atoms with E-state index in [0.717, 1.165) is 19.3 Å². The number of carbonyl (C=O) groups is 2. The van der Waals surface area contributed by atoms with Crippen LogP contribution in [0.4, 0.5) is 19.3 Å². The van der Waals surface area contributed by atoms with Gasteiger partial charge in [0, 0.05) is 19.2 Å². The lowest BCUT2D eigenvalue weighted by Crippen LogP contribution is -2.39. The molecule has 7 heteroatoms. The van der Waals surface area contributed by atoms with Crippen molar-refractivity contribution in [3.05, 3.63) is 29.3 Å². The Labute approximate surface area is 114 Å². The molecule has 2 N–H and O–H groups in total. The maximum Gasteiger partial charge on any atom is 0.337 e. The number of urea groups is 1. The van der Waals surface area contributed by atoms with Gasteiger partial charge in [-0.25, -0.2) is 18.4 Å². The first-order valence-electron chi connectivity index (χ1n) is 6.27. The van der Waals surface area contributed by atoms with E-state index in [1.165, 1.54) is 4.90 Å². The van der Waals surface area contributed by atoms with E-state index in [0.29, 0.717) is 25.2 Å². The van der Waals surface area contributed by atoms with Crippen LogP contribution >= 0.6 is 0 Å². The minimum Gasteiger partial charge on any atom is -0.478 e. The number of carbonyl (C=O) groups excluding carboxylic acids is 1. The highest BCUT2D eigenvalue weighted by Crippen LogP contribution is 2.21. The lowest BCUT2D eigenvalue weighted by molar-refractivity contribution is 0.0697. The first kappa shape index (κ1) is 14.2. The van der Waals surface area contributed by atoms with Crippen molar-refractivity contribution in [3.8, 4) is 0 Å². The molecule has 1 aliphatic heterocycles. The predicted octanol–water partition coefficient (Wildman–Crippen LogP) is 2.68. The lowest BCUT2D eigenvalue weighted by Gasteiger charge is -2.27. The van der Waals surface area contributed by atoms with E-state index in [4.69, 9.17) is 5.11 Å². The Morgan fingerprint density at radius 3 is 2.30 bits per heavy atom. The van der Waals surface area contributed by atoms with Crippen LogP contribution in [0.5, 0.6) is 0 Å². The largest absolute Gasteiger partial charge is 0.478 e. The van der Waals surface area contributed by atoms with Gasteiger partial charge in [0.05, 0.1) is 11.3 Å². The first-order valence-corrected chi connectivity index (χ1v) is 6.27. The van der Waals surface area contributed by atoms with Crippen molar-refractivity contribution in [1.82, 2.24) is 4.90 Å². The summed E-state index contributed by atoms with van der Waals surface area (Å²) in [7, 11) is 0. The summed E-state index contributed by atoms with van der Waals surface area (Å²) in [5, 5.41) is 11.3. The van der Waals surface area contributed by atoms with Gasteiger partial charge in [-0.1, -0.05) is 0 Å². The second-order valence-electron chi connectivity index (χ2n) is 4.59. The molecule has 2 amide bonds. The fourth-order valence-electron chi connectivity index (χ4n) is 2.12. The molecule has 1 aromatic carbocycles. The standard InChI is InChI=1S/C13H14F2N2O3/c14-9-6-8(12(18)19)11(7-10(9)15)16-13(20)17-4-2-1-3-5-17/h6-7H,1-5H2,(H,16,20)(H,18,19). The molecule has 0 spiro atoms. The molecule has 2 rings (SSSR count). The summed E-state index contributed by atoms with van der Waals surface area (Å²) in [6, 6.07) is 0.739. The molecule has 1 aromatic rings. The Hall–Kier alpha value is -2.18. The predicted molar refractivity (Wildman–Crippen MR) is 67.8 cm³/mol. The van der Waals surface area contributed by atoms with Gasteiger partial charge in [-0.3, -0.25) is 0 Å². The number of hydrogen-bond donors (Lipinski definition) is 2. The van der Waals surface area contributed by atoms with Crippen molar-refractivity contribution in [2.75, 3.05) is 18.4 Å². The van der Waals surface area contributed by atoms with E-state index in [1.54, 1.807) is 0 Å². The normalized spacial score (nSPS) is 15.0. The molecule has 20 heavy (non-hydrogen) atoms. The molecule has 0 aromatic heterocycles. The van der Waals surface area contributed by atoms with Crippen molar-refractivity contribution in [2.24, 2.45) is 0 Å². The topological polar surface area (TPSA) is 69.6 Å². The number of rotatable bonds is 2. The minimum atomic E-state index is -1.43. The van der Waals surface area contributed by atoms with Crippen molar-refractivity contribution >= 4 is 17.7 Å². The minimum absolute atomic E-state index is 0.244. The molecule has 0 atom stereocenters. The maximum absolute atomic E-state index is 13.2. The quantitative estimate of drug-likeness (QED) is 0.877. The zero-order valence-corrected chi connectivity index (χ0v) is 10.7. The van der Waals surface area contributed by atoms with Gasteiger partial charge in [-0.05, 0) is 25.3 Å². The molecular weight excluding hydrogens is 270 g/mol. The van der Waals surface area contributed by atoms with Gasteiger partial charge in [-0.15, -0.1) is 0 Å². The van der Waals surface area contributed by atoms with Crippen molar-refractivity contribution in [1.29, 1.82) is 0 Å². The Morgan fingerprint density at radius 2 is 1.70 bits per heavy atom. The molecule has 0 bridgehead atoms. The molecular formula is C13H14F2N2O3. The maximum atomic E-state index is 13.2. The summed E-state index contributed by atoms with van der Waals surface area (Å²) in [4.78, 5) is 24.5. The molecule has 1 saturated heterocycles. The molecule has 0 saturated carbocycles. The number of aromatic carboxylic acids is 1. The molecule has 1 fully saturated rings. The SMILES string of the molecule is O=C(O)c1cc(F)c(F)cc1NC(=O)N1CCCCC1. The number of hydrogen-bond acceptors (Lipinski definition) is 2. The summed E-state index contributed by atoms with van der Waals surface area (Å²) in [5.74, 6) is -3.90. The van der Waals surface area contributed by atoms with Crippen molar-refractivity contribution in [2.45, 2.75) is 19.3 Å². The number of nitrogens with one attached hydrogen (secondary N) is 1. The number of halogens is 2. The Bertz CT molecular complexity index is 543. The third-order valence-electron chi connectivity index (χ3n) is 3.18. The van der Waals surface area contributed by atoms with Crippen LogP contribution in [0.1, 0.15) is 29.6 Å². The van der Waals surface area contributed by atoms with E-state index in [-0.39, 0.29) is 5.69 Å². The van der Waals surface area contributed by atoms with Gasteiger partial charge in [0.1, 0.15) is 0 Å². The monoisotopic (exact) mass is 284 g/mol. The highest BCUT2D eigenvalue weighted by Gasteiger charge is 2.21. The average Bonchev–Trinajstić information content (AvgIpc) is 2.43. The lowest BCUT2D eigenvalue weighted by atomic mass is 10.1. The van der Waals surface area contributed by atoms with E-state index in [2.05, 4.69) is 5.32 Å². The number of carboxylic acid groups (broad SMARTS) is 1. The van der Waals surface area contributed by atoms with E-state index < -0.39 is 29.2 Å². The number of piperidine rings is 1. The van der Waals surface area contributed by atoms with E-state index in [1.807, 2.05) is 0 Å². The highest BCUT2D eigenvalue weighted by molar-refractivity contribution is 6.00. The molecule has 1 heterocycles. The molecule has 0 radical (unpaired) electrons. The molecule has 108 valence electrons. The first-order chi connectivity index (χ1) is 9.49. The summed E-state index contributed by atoms with van der Waals surface area (Å²) < 4.78 is 26.2. The zero-order valence-electron chi connectivity index (χ0n) is 10.7. The second kappa shape index (κ2) is 5.85. The van der Waals surface area contributed by atoms with Crippen LogP contribution < -0.4 is 5.32 Å². The Morgan fingerprint density at radius 1 is 1.10 bits per heavy atom. The summed E-state index contributed by atoms with van der Waals surface area (Å²) >= 11 is 0. The molecule has 5 nitrogen and oxygen atoms in total. The summed E-state index contributed by atoms with van der Waals surface area (Å²) in [5.41, 5.74) is -0.721. The number of anilines is 1. The van der Waals surface area contributed by atoms with Crippen molar-refractivity contribution < 1.29 is 23.5 Å². The third kappa shape index (κ3) is 3.04. The number of likely N-dealkylation sites (tertiary alicyclic amines) is 1. The van der Waals surface area contributed by atoms with E-state index in [9.17, 15) is 18.4 Å². The van der Waals surface area contributed by atoms with Crippen molar-refractivity contribution in [3.63, 3.8) is 0 Å². The fraction of sp³-hybridized carbons (Fsp3) is 0.385. The number of carboxylic acids is 1. The molecule has 0 aliphatic carbocycles. The second-order valence-corrected chi connectivity index (χ2v) is 4.59. The van der Waals surface area contributed by atoms with Gasteiger partial charge in [0.2, 0.25) is 0 Å². The Balaban J connectivity index is 2.21. The summed E-state index contributed by atoms with van der Waals surface area (Å²) in [6.07, 6.45) is 2.78. The van der Waals surface area contributed by atoms with Crippen LogP contribution in [0.15, 0.2) is 12.1 Å². The smallest absolute Gasteiger partial charge is 0.337 e. The molecule has 1 aliphatic rings.